The number of likely N-dealkylation sites (tertiary alicyclic amines) is 1. The first kappa shape index (κ1) is 20.9. The van der Waals surface area contributed by atoms with Crippen LogP contribution in [-0.2, 0) is 21.2 Å². The van der Waals surface area contributed by atoms with Gasteiger partial charge in [0.15, 0.2) is 0 Å². The SMILES string of the molecule is CCS(=O)(=O)Nc1cccc(C(=O)Nc2ccc(CC(=O)N3CCCC3)cc2)c1. The molecular weight excluding hydrogens is 390 g/mol. The fourth-order valence-corrected chi connectivity index (χ4v) is 3.77. The van der Waals surface area contributed by atoms with Crippen molar-refractivity contribution in [2.75, 3.05) is 28.9 Å². The van der Waals surface area contributed by atoms with Crippen molar-refractivity contribution in [1.29, 1.82) is 0 Å². The van der Waals surface area contributed by atoms with Crippen LogP contribution in [0.3, 0.4) is 0 Å². The fourth-order valence-electron chi connectivity index (χ4n) is 3.14. The van der Waals surface area contributed by atoms with E-state index in [0.717, 1.165) is 31.5 Å². The number of carbonyl (C=O) groups excluding carboxylic acids is 2. The second-order valence-corrected chi connectivity index (χ2v) is 9.01. The molecule has 1 aliphatic heterocycles. The van der Waals surface area contributed by atoms with E-state index in [9.17, 15) is 18.0 Å². The number of rotatable bonds is 7. The summed E-state index contributed by atoms with van der Waals surface area (Å²) in [7, 11) is -3.41. The molecule has 0 atom stereocenters. The van der Waals surface area contributed by atoms with Gasteiger partial charge < -0.3 is 10.2 Å². The normalized spacial score (nSPS) is 13.9. The Kier molecular flexibility index (Phi) is 6.53. The van der Waals surface area contributed by atoms with E-state index in [4.69, 9.17) is 0 Å². The summed E-state index contributed by atoms with van der Waals surface area (Å²) >= 11 is 0. The largest absolute Gasteiger partial charge is 0.342 e. The van der Waals surface area contributed by atoms with Crippen molar-refractivity contribution in [3.63, 3.8) is 0 Å². The Morgan fingerprint density at radius 2 is 1.69 bits per heavy atom. The van der Waals surface area contributed by atoms with Crippen molar-refractivity contribution in [1.82, 2.24) is 4.90 Å². The Morgan fingerprint density at radius 3 is 2.34 bits per heavy atom. The van der Waals surface area contributed by atoms with Crippen LogP contribution in [0.5, 0.6) is 0 Å². The number of anilines is 2. The highest BCUT2D eigenvalue weighted by Gasteiger charge is 2.18. The lowest BCUT2D eigenvalue weighted by atomic mass is 10.1. The minimum absolute atomic E-state index is 0.0456. The summed E-state index contributed by atoms with van der Waals surface area (Å²) in [6.45, 7) is 3.21. The van der Waals surface area contributed by atoms with E-state index < -0.39 is 10.0 Å². The molecule has 1 fully saturated rings. The first-order valence-corrected chi connectivity index (χ1v) is 11.3. The first-order valence-electron chi connectivity index (χ1n) is 9.65. The van der Waals surface area contributed by atoms with Crippen molar-refractivity contribution in [3.8, 4) is 0 Å². The van der Waals surface area contributed by atoms with Crippen molar-refractivity contribution >= 4 is 33.2 Å². The van der Waals surface area contributed by atoms with E-state index in [1.54, 1.807) is 37.3 Å². The molecule has 1 aliphatic rings. The minimum Gasteiger partial charge on any atom is -0.342 e. The number of sulfonamides is 1. The van der Waals surface area contributed by atoms with Gasteiger partial charge in [0, 0.05) is 30.0 Å². The summed E-state index contributed by atoms with van der Waals surface area (Å²) in [6.07, 6.45) is 2.49. The molecule has 0 spiro atoms. The highest BCUT2D eigenvalue weighted by Crippen LogP contribution is 2.17. The third kappa shape index (κ3) is 5.80. The Bertz CT molecular complexity index is 981. The van der Waals surface area contributed by atoms with Crippen LogP contribution in [0.2, 0.25) is 0 Å². The topological polar surface area (TPSA) is 95.6 Å². The van der Waals surface area contributed by atoms with Gasteiger partial charge in [-0.1, -0.05) is 18.2 Å². The van der Waals surface area contributed by atoms with Crippen LogP contribution in [0.1, 0.15) is 35.7 Å². The maximum absolute atomic E-state index is 12.5. The molecule has 0 radical (unpaired) electrons. The molecule has 0 aromatic heterocycles. The van der Waals surface area contributed by atoms with E-state index >= 15 is 0 Å². The van der Waals surface area contributed by atoms with Crippen LogP contribution in [0.25, 0.3) is 0 Å². The van der Waals surface area contributed by atoms with Crippen LogP contribution in [0.4, 0.5) is 11.4 Å². The van der Waals surface area contributed by atoms with Crippen LogP contribution in [0.15, 0.2) is 48.5 Å². The van der Waals surface area contributed by atoms with Gasteiger partial charge in [0.1, 0.15) is 0 Å². The molecule has 29 heavy (non-hydrogen) atoms. The van der Waals surface area contributed by atoms with Crippen LogP contribution in [0, 0.1) is 0 Å². The van der Waals surface area contributed by atoms with Gasteiger partial charge in [-0.15, -0.1) is 0 Å². The lowest BCUT2D eigenvalue weighted by molar-refractivity contribution is -0.129. The fraction of sp³-hybridized carbons (Fsp3) is 0.333. The van der Waals surface area contributed by atoms with Gasteiger partial charge in [-0.3, -0.25) is 14.3 Å². The van der Waals surface area contributed by atoms with E-state index in [0.29, 0.717) is 23.4 Å². The Labute approximate surface area is 171 Å². The summed E-state index contributed by atoms with van der Waals surface area (Å²) in [6, 6.07) is 13.5. The Morgan fingerprint density at radius 1 is 1.00 bits per heavy atom. The van der Waals surface area contributed by atoms with Gasteiger partial charge in [-0.2, -0.15) is 0 Å². The molecule has 3 rings (SSSR count). The number of hydrogen-bond donors (Lipinski definition) is 2. The van der Waals surface area contributed by atoms with Gasteiger partial charge >= 0.3 is 0 Å². The number of nitrogens with zero attached hydrogens (tertiary/aromatic N) is 1. The van der Waals surface area contributed by atoms with E-state index in [1.807, 2.05) is 17.0 Å². The van der Waals surface area contributed by atoms with E-state index in [-0.39, 0.29) is 17.6 Å². The molecule has 0 unspecified atom stereocenters. The Hall–Kier alpha value is -2.87. The van der Waals surface area contributed by atoms with Crippen LogP contribution in [-0.4, -0.2) is 44.0 Å². The predicted octanol–water partition coefficient (Wildman–Crippen LogP) is 2.87. The summed E-state index contributed by atoms with van der Waals surface area (Å²) in [4.78, 5) is 26.6. The molecule has 154 valence electrons. The van der Waals surface area contributed by atoms with E-state index in [2.05, 4.69) is 10.0 Å². The van der Waals surface area contributed by atoms with Gasteiger partial charge in [-0.05, 0) is 55.7 Å². The molecule has 2 aromatic rings. The summed E-state index contributed by atoms with van der Waals surface area (Å²) in [5.41, 5.74) is 2.19. The molecule has 0 aliphatic carbocycles. The lowest BCUT2D eigenvalue weighted by Gasteiger charge is -2.15. The highest BCUT2D eigenvalue weighted by molar-refractivity contribution is 7.92. The standard InChI is InChI=1S/C21H25N3O4S/c1-2-29(27,28)23-19-7-5-6-17(15-19)21(26)22-18-10-8-16(9-11-18)14-20(25)24-12-3-4-13-24/h5-11,15,23H,2-4,12-14H2,1H3,(H,22,26). The average Bonchev–Trinajstić information content (AvgIpc) is 3.24. The minimum atomic E-state index is -3.41. The zero-order valence-electron chi connectivity index (χ0n) is 16.3. The maximum atomic E-state index is 12.5. The van der Waals surface area contributed by atoms with Gasteiger partial charge in [0.25, 0.3) is 5.91 Å². The molecule has 2 aromatic carbocycles. The third-order valence-corrected chi connectivity index (χ3v) is 6.11. The van der Waals surface area contributed by atoms with Gasteiger partial charge in [0.05, 0.1) is 12.2 Å². The second-order valence-electron chi connectivity index (χ2n) is 7.00. The molecular formula is C21H25N3O4S. The summed E-state index contributed by atoms with van der Waals surface area (Å²) in [5.74, 6) is -0.259. The molecule has 8 heteroatoms. The molecule has 7 nitrogen and oxygen atoms in total. The average molecular weight is 416 g/mol. The van der Waals surface area contributed by atoms with Crippen molar-refractivity contribution in [3.05, 3.63) is 59.7 Å². The zero-order valence-corrected chi connectivity index (χ0v) is 17.2. The number of carbonyl (C=O) groups is 2. The maximum Gasteiger partial charge on any atom is 0.255 e. The molecule has 1 heterocycles. The molecule has 2 N–H and O–H groups in total. The summed E-state index contributed by atoms with van der Waals surface area (Å²) < 4.78 is 25.8. The third-order valence-electron chi connectivity index (χ3n) is 4.80. The van der Waals surface area contributed by atoms with Crippen molar-refractivity contribution in [2.45, 2.75) is 26.2 Å². The summed E-state index contributed by atoms with van der Waals surface area (Å²) in [5, 5.41) is 2.79. The molecule has 2 amide bonds. The van der Waals surface area contributed by atoms with Crippen LogP contribution < -0.4 is 10.0 Å². The quantitative estimate of drug-likeness (QED) is 0.727. The van der Waals surface area contributed by atoms with Crippen LogP contribution >= 0.6 is 0 Å². The second kappa shape index (κ2) is 9.09. The lowest BCUT2D eigenvalue weighted by Crippen LogP contribution is -2.29. The number of nitrogens with one attached hydrogen (secondary N) is 2. The van der Waals surface area contributed by atoms with Crippen molar-refractivity contribution in [2.24, 2.45) is 0 Å². The smallest absolute Gasteiger partial charge is 0.255 e. The first-order chi connectivity index (χ1) is 13.9. The number of benzene rings is 2. The highest BCUT2D eigenvalue weighted by atomic mass is 32.2. The number of amides is 2. The predicted molar refractivity (Wildman–Crippen MR) is 113 cm³/mol. The molecule has 0 saturated carbocycles. The van der Waals surface area contributed by atoms with Gasteiger partial charge in [-0.25, -0.2) is 8.42 Å². The van der Waals surface area contributed by atoms with E-state index in [1.165, 1.54) is 6.07 Å². The molecule has 0 bridgehead atoms. The number of hydrogen-bond acceptors (Lipinski definition) is 4. The van der Waals surface area contributed by atoms with Gasteiger partial charge in [0.2, 0.25) is 15.9 Å². The Balaban J connectivity index is 1.61. The van der Waals surface area contributed by atoms with Crippen molar-refractivity contribution < 1.29 is 18.0 Å². The zero-order chi connectivity index (χ0) is 20.9. The molecule has 1 saturated heterocycles. The monoisotopic (exact) mass is 415 g/mol.